The Morgan fingerprint density at radius 2 is 1.89 bits per heavy atom. The summed E-state index contributed by atoms with van der Waals surface area (Å²) in [5.74, 6) is -0.411. The fourth-order valence-electron chi connectivity index (χ4n) is 2.70. The molecule has 27 heavy (non-hydrogen) atoms. The molecule has 2 aromatic heterocycles. The SMILES string of the molecule is CCCc1nc(-n2cccc2)sc1C(=O)NCc1ccccc1C(F)(F)F. The van der Waals surface area contributed by atoms with Crippen LogP contribution in [0.3, 0.4) is 0 Å². The molecule has 3 rings (SSSR count). The first-order valence-corrected chi connectivity index (χ1v) is 9.28. The molecular formula is C19H18F3N3OS. The largest absolute Gasteiger partial charge is 0.416 e. The van der Waals surface area contributed by atoms with Gasteiger partial charge in [0.25, 0.3) is 5.91 Å². The van der Waals surface area contributed by atoms with Gasteiger partial charge in [0.1, 0.15) is 4.88 Å². The van der Waals surface area contributed by atoms with Crippen molar-refractivity contribution in [3.8, 4) is 5.13 Å². The van der Waals surface area contributed by atoms with E-state index in [0.29, 0.717) is 22.1 Å². The van der Waals surface area contributed by atoms with Gasteiger partial charge in [-0.2, -0.15) is 13.2 Å². The van der Waals surface area contributed by atoms with Crippen molar-refractivity contribution in [3.63, 3.8) is 0 Å². The van der Waals surface area contributed by atoms with E-state index in [1.165, 1.54) is 29.5 Å². The molecule has 0 aliphatic heterocycles. The number of hydrogen-bond acceptors (Lipinski definition) is 3. The quantitative estimate of drug-likeness (QED) is 0.652. The van der Waals surface area contributed by atoms with E-state index >= 15 is 0 Å². The van der Waals surface area contributed by atoms with Crippen molar-refractivity contribution in [3.05, 3.63) is 70.5 Å². The average Bonchev–Trinajstić information content (AvgIpc) is 3.29. The van der Waals surface area contributed by atoms with Crippen molar-refractivity contribution in [2.45, 2.75) is 32.5 Å². The third kappa shape index (κ3) is 4.39. The van der Waals surface area contributed by atoms with E-state index in [9.17, 15) is 18.0 Å². The molecule has 4 nitrogen and oxygen atoms in total. The zero-order valence-electron chi connectivity index (χ0n) is 14.6. The molecule has 0 unspecified atom stereocenters. The molecule has 0 aliphatic rings. The molecule has 3 aromatic rings. The van der Waals surface area contributed by atoms with Crippen LogP contribution in [0, 0.1) is 0 Å². The second-order valence-electron chi connectivity index (χ2n) is 5.95. The zero-order chi connectivity index (χ0) is 19.4. The number of hydrogen-bond donors (Lipinski definition) is 1. The van der Waals surface area contributed by atoms with Crippen molar-refractivity contribution in [2.75, 3.05) is 0 Å². The maximum Gasteiger partial charge on any atom is 0.416 e. The molecule has 142 valence electrons. The minimum absolute atomic E-state index is 0.0329. The first-order valence-electron chi connectivity index (χ1n) is 8.46. The van der Waals surface area contributed by atoms with Crippen molar-refractivity contribution >= 4 is 17.2 Å². The summed E-state index contributed by atoms with van der Waals surface area (Å²) in [6.07, 6.45) is 0.637. The van der Waals surface area contributed by atoms with Gasteiger partial charge in [0.2, 0.25) is 0 Å². The molecule has 0 atom stereocenters. The summed E-state index contributed by atoms with van der Waals surface area (Å²) in [5, 5.41) is 3.26. The van der Waals surface area contributed by atoms with E-state index in [2.05, 4.69) is 10.3 Å². The molecule has 1 amide bonds. The summed E-state index contributed by atoms with van der Waals surface area (Å²) < 4.78 is 41.1. The Hall–Kier alpha value is -2.61. The maximum atomic E-state index is 13.1. The molecule has 0 bridgehead atoms. The van der Waals surface area contributed by atoms with Crippen LogP contribution < -0.4 is 5.32 Å². The Balaban J connectivity index is 1.81. The molecule has 0 aliphatic carbocycles. The van der Waals surface area contributed by atoms with E-state index in [4.69, 9.17) is 0 Å². The lowest BCUT2D eigenvalue weighted by Crippen LogP contribution is -2.24. The highest BCUT2D eigenvalue weighted by atomic mass is 32.1. The monoisotopic (exact) mass is 393 g/mol. The molecule has 2 heterocycles. The van der Waals surface area contributed by atoms with Crippen molar-refractivity contribution < 1.29 is 18.0 Å². The molecule has 1 N–H and O–H groups in total. The van der Waals surface area contributed by atoms with Gasteiger partial charge >= 0.3 is 6.18 Å². The number of halogens is 3. The summed E-state index contributed by atoms with van der Waals surface area (Å²) in [5.41, 5.74) is -0.0465. The number of alkyl halides is 3. The third-order valence-electron chi connectivity index (χ3n) is 3.97. The highest BCUT2D eigenvalue weighted by molar-refractivity contribution is 7.16. The molecular weight excluding hydrogens is 375 g/mol. The normalized spacial score (nSPS) is 11.6. The number of rotatable bonds is 6. The van der Waals surface area contributed by atoms with Gasteiger partial charge < -0.3 is 9.88 Å². The molecule has 0 saturated carbocycles. The van der Waals surface area contributed by atoms with E-state index in [1.807, 2.05) is 31.5 Å². The number of nitrogens with one attached hydrogen (secondary N) is 1. The number of nitrogens with zero attached hydrogens (tertiary/aromatic N) is 2. The molecule has 0 saturated heterocycles. The molecule has 8 heteroatoms. The number of thiazole rings is 1. The Morgan fingerprint density at radius 3 is 2.56 bits per heavy atom. The van der Waals surface area contributed by atoms with Crippen LogP contribution in [0.4, 0.5) is 13.2 Å². The molecule has 0 radical (unpaired) electrons. The minimum Gasteiger partial charge on any atom is -0.347 e. The van der Waals surface area contributed by atoms with Crippen LogP contribution in [0.15, 0.2) is 48.8 Å². The number of benzene rings is 1. The second kappa shape index (κ2) is 7.96. The molecule has 1 aromatic carbocycles. The summed E-state index contributed by atoms with van der Waals surface area (Å²) >= 11 is 1.23. The van der Waals surface area contributed by atoms with Crippen LogP contribution in [-0.4, -0.2) is 15.5 Å². The fraction of sp³-hybridized carbons (Fsp3) is 0.263. The van der Waals surface area contributed by atoms with Gasteiger partial charge in [-0.15, -0.1) is 0 Å². The summed E-state index contributed by atoms with van der Waals surface area (Å²) in [6, 6.07) is 8.95. The first kappa shape index (κ1) is 19.2. The van der Waals surface area contributed by atoms with Crippen molar-refractivity contribution in [1.29, 1.82) is 0 Å². The number of aryl methyl sites for hydroxylation is 1. The van der Waals surface area contributed by atoms with Crippen molar-refractivity contribution in [1.82, 2.24) is 14.9 Å². The van der Waals surface area contributed by atoms with E-state index < -0.39 is 17.6 Å². The van der Waals surface area contributed by atoms with Crippen LogP contribution in [0.1, 0.15) is 39.8 Å². The van der Waals surface area contributed by atoms with Crippen LogP contribution in [-0.2, 0) is 19.1 Å². The summed E-state index contributed by atoms with van der Waals surface area (Å²) in [7, 11) is 0. The number of aromatic nitrogens is 2. The second-order valence-corrected chi connectivity index (χ2v) is 6.93. The van der Waals surface area contributed by atoms with Gasteiger partial charge in [-0.25, -0.2) is 4.98 Å². The van der Waals surface area contributed by atoms with Gasteiger partial charge in [0.15, 0.2) is 5.13 Å². The van der Waals surface area contributed by atoms with Gasteiger partial charge in [-0.05, 0) is 30.2 Å². The van der Waals surface area contributed by atoms with Gasteiger partial charge in [0.05, 0.1) is 11.3 Å². The summed E-state index contributed by atoms with van der Waals surface area (Å²) in [6.45, 7) is 1.78. The Bertz CT molecular complexity index is 917. The molecule has 0 spiro atoms. The predicted octanol–water partition coefficient (Wildman–Crippen LogP) is 4.84. The van der Waals surface area contributed by atoms with E-state index in [1.54, 1.807) is 4.57 Å². The highest BCUT2D eigenvalue weighted by Crippen LogP contribution is 2.32. The van der Waals surface area contributed by atoms with Crippen LogP contribution in [0.25, 0.3) is 5.13 Å². The van der Waals surface area contributed by atoms with Crippen LogP contribution >= 0.6 is 11.3 Å². The maximum absolute atomic E-state index is 13.1. The minimum atomic E-state index is -4.46. The van der Waals surface area contributed by atoms with Gasteiger partial charge in [-0.3, -0.25) is 4.79 Å². The number of carbonyl (C=O) groups is 1. The Morgan fingerprint density at radius 1 is 1.19 bits per heavy atom. The van der Waals surface area contributed by atoms with Crippen LogP contribution in [0.5, 0.6) is 0 Å². The zero-order valence-corrected chi connectivity index (χ0v) is 15.4. The van der Waals surface area contributed by atoms with Gasteiger partial charge in [-0.1, -0.05) is 42.9 Å². The van der Waals surface area contributed by atoms with E-state index in [-0.39, 0.29) is 12.1 Å². The lowest BCUT2D eigenvalue weighted by atomic mass is 10.1. The Labute approximate surface area is 158 Å². The molecule has 0 fully saturated rings. The smallest absolute Gasteiger partial charge is 0.347 e. The van der Waals surface area contributed by atoms with Crippen LogP contribution in [0.2, 0.25) is 0 Å². The van der Waals surface area contributed by atoms with E-state index in [0.717, 1.165) is 12.5 Å². The highest BCUT2D eigenvalue weighted by Gasteiger charge is 2.33. The topological polar surface area (TPSA) is 46.9 Å². The predicted molar refractivity (Wildman–Crippen MR) is 98.1 cm³/mol. The van der Waals surface area contributed by atoms with Gasteiger partial charge in [0, 0.05) is 18.9 Å². The standard InChI is InChI=1S/C19H18F3N3OS/c1-2-7-15-16(27-18(24-15)25-10-5-6-11-25)17(26)23-12-13-8-3-4-9-14(13)19(20,21)22/h3-6,8-11H,2,7,12H2,1H3,(H,23,26). The average molecular weight is 393 g/mol. The Kier molecular flexibility index (Phi) is 5.65. The first-order chi connectivity index (χ1) is 12.9. The number of carbonyl (C=O) groups excluding carboxylic acids is 1. The third-order valence-corrected chi connectivity index (χ3v) is 5.08. The lowest BCUT2D eigenvalue weighted by Gasteiger charge is -2.13. The summed E-state index contributed by atoms with van der Waals surface area (Å²) in [4.78, 5) is 17.6. The lowest BCUT2D eigenvalue weighted by molar-refractivity contribution is -0.138. The van der Waals surface area contributed by atoms with Crippen molar-refractivity contribution in [2.24, 2.45) is 0 Å². The fourth-order valence-corrected chi connectivity index (χ4v) is 3.70. The number of amides is 1.